The third-order valence-corrected chi connectivity index (χ3v) is 4.05. The quantitative estimate of drug-likeness (QED) is 0.455. The van der Waals surface area contributed by atoms with Crippen LogP contribution in [0.3, 0.4) is 0 Å². The van der Waals surface area contributed by atoms with Gasteiger partial charge in [0.1, 0.15) is 43.2 Å². The summed E-state index contributed by atoms with van der Waals surface area (Å²) in [4.78, 5) is 14.3. The van der Waals surface area contributed by atoms with Crippen LogP contribution in [0.15, 0.2) is 0 Å². The molecule has 1 fully saturated rings. The zero-order valence-electron chi connectivity index (χ0n) is 17.8. The molecule has 0 aliphatic carbocycles. The summed E-state index contributed by atoms with van der Waals surface area (Å²) in [5.74, 6) is 2.24. The number of aliphatic hydroxyl groups is 1. The van der Waals surface area contributed by atoms with E-state index in [0.717, 1.165) is 0 Å². The highest BCUT2D eigenvalue weighted by molar-refractivity contribution is 5.70. The normalized spacial score (nSPS) is 22.4. The van der Waals surface area contributed by atoms with Gasteiger partial charge in [-0.25, -0.2) is 4.79 Å². The maximum absolute atomic E-state index is 12.9. The van der Waals surface area contributed by atoms with Gasteiger partial charge in [-0.2, -0.15) is 0 Å². The lowest BCUT2D eigenvalue weighted by molar-refractivity contribution is -0.191. The van der Waals surface area contributed by atoms with Crippen LogP contribution >= 0.6 is 0 Å². The van der Waals surface area contributed by atoms with E-state index < -0.39 is 41.8 Å². The number of terminal acetylenes is 1. The fourth-order valence-corrected chi connectivity index (χ4v) is 2.92. The summed E-state index contributed by atoms with van der Waals surface area (Å²) in [5, 5.41) is 10.3. The molecule has 9 heteroatoms. The van der Waals surface area contributed by atoms with Gasteiger partial charge in [-0.05, 0) is 34.6 Å². The summed E-state index contributed by atoms with van der Waals surface area (Å²) in [7, 11) is 2.90. The molecule has 1 aliphatic rings. The van der Waals surface area contributed by atoms with Crippen molar-refractivity contribution >= 4 is 6.09 Å². The fraction of sp³-hybridized carbons (Fsp3) is 0.842. The Hall–Kier alpha value is -1.41. The van der Waals surface area contributed by atoms with Crippen molar-refractivity contribution in [3.05, 3.63) is 0 Å². The molecule has 1 aliphatic heterocycles. The molecule has 1 N–H and O–H groups in total. The first kappa shape index (κ1) is 24.6. The van der Waals surface area contributed by atoms with Crippen LogP contribution in [0.5, 0.6) is 0 Å². The molecule has 162 valence electrons. The number of ether oxygens (including phenoxy) is 6. The van der Waals surface area contributed by atoms with Crippen LogP contribution in [0.2, 0.25) is 0 Å². The predicted molar refractivity (Wildman–Crippen MR) is 100 cm³/mol. The molecule has 1 rings (SSSR count). The Morgan fingerprint density at radius 1 is 1.29 bits per heavy atom. The topological polar surface area (TPSA) is 95.9 Å². The zero-order valence-corrected chi connectivity index (χ0v) is 17.8. The molecule has 0 radical (unpaired) electrons. The van der Waals surface area contributed by atoms with E-state index >= 15 is 0 Å². The summed E-state index contributed by atoms with van der Waals surface area (Å²) < 4.78 is 32.7. The fourth-order valence-electron chi connectivity index (χ4n) is 2.92. The first-order valence-electron chi connectivity index (χ1n) is 9.00. The number of rotatable bonds is 9. The van der Waals surface area contributed by atoms with Crippen molar-refractivity contribution in [1.29, 1.82) is 0 Å². The van der Waals surface area contributed by atoms with Gasteiger partial charge >= 0.3 is 6.09 Å². The Kier molecular flexibility index (Phi) is 9.14. The lowest BCUT2D eigenvalue weighted by Crippen LogP contribution is -2.58. The summed E-state index contributed by atoms with van der Waals surface area (Å²) in [6.45, 7) is 8.71. The van der Waals surface area contributed by atoms with E-state index in [1.54, 1.807) is 34.6 Å². The molecule has 0 unspecified atom stereocenters. The highest BCUT2D eigenvalue weighted by Crippen LogP contribution is 2.33. The number of hydrogen-bond acceptors (Lipinski definition) is 8. The maximum atomic E-state index is 12.9. The Bertz CT molecular complexity index is 539. The predicted octanol–water partition coefficient (Wildman–Crippen LogP) is 1.33. The number of carbonyl (C=O) groups is 1. The summed E-state index contributed by atoms with van der Waals surface area (Å²) in [6.07, 6.45) is 1.66. The Balaban J connectivity index is 3.24. The van der Waals surface area contributed by atoms with E-state index in [4.69, 9.17) is 34.8 Å². The highest BCUT2D eigenvalue weighted by Gasteiger charge is 2.52. The molecule has 0 aromatic heterocycles. The minimum absolute atomic E-state index is 0.103. The molecule has 1 heterocycles. The molecule has 1 amide bonds. The largest absolute Gasteiger partial charge is 0.444 e. The number of amides is 1. The smallest absolute Gasteiger partial charge is 0.412 e. The molecule has 0 aromatic rings. The van der Waals surface area contributed by atoms with E-state index in [-0.39, 0.29) is 20.2 Å². The molecule has 0 saturated carbocycles. The SMILES string of the molecule is C#C[C@@H](O)[C@H](OCOC)[C@@H](OCOC)[C@@H]1COC(C)(C)N1C(=O)OC(C)(C)C. The minimum atomic E-state index is -1.30. The first-order valence-corrected chi connectivity index (χ1v) is 9.00. The van der Waals surface area contributed by atoms with Gasteiger partial charge in [0, 0.05) is 14.2 Å². The number of aliphatic hydroxyl groups excluding tert-OH is 1. The van der Waals surface area contributed by atoms with Crippen LogP contribution in [0.25, 0.3) is 0 Å². The molecule has 9 nitrogen and oxygen atoms in total. The van der Waals surface area contributed by atoms with Crippen molar-refractivity contribution in [3.63, 3.8) is 0 Å². The molecule has 0 spiro atoms. The van der Waals surface area contributed by atoms with E-state index in [0.29, 0.717) is 0 Å². The second-order valence-corrected chi connectivity index (χ2v) is 7.86. The highest BCUT2D eigenvalue weighted by atomic mass is 16.7. The van der Waals surface area contributed by atoms with Gasteiger partial charge in [-0.1, -0.05) is 5.92 Å². The first-order chi connectivity index (χ1) is 13.0. The molecule has 1 saturated heterocycles. The van der Waals surface area contributed by atoms with Crippen LogP contribution < -0.4 is 0 Å². The average molecular weight is 403 g/mol. The van der Waals surface area contributed by atoms with Gasteiger partial charge in [0.15, 0.2) is 0 Å². The van der Waals surface area contributed by atoms with Crippen molar-refractivity contribution < 1.29 is 38.3 Å². The van der Waals surface area contributed by atoms with Crippen molar-refractivity contribution in [1.82, 2.24) is 4.90 Å². The van der Waals surface area contributed by atoms with Crippen molar-refractivity contribution in [2.24, 2.45) is 0 Å². The van der Waals surface area contributed by atoms with Gasteiger partial charge in [-0.15, -0.1) is 6.42 Å². The average Bonchev–Trinajstić information content (AvgIpc) is 2.90. The van der Waals surface area contributed by atoms with Gasteiger partial charge in [0.2, 0.25) is 0 Å². The third-order valence-electron chi connectivity index (χ3n) is 4.05. The van der Waals surface area contributed by atoms with Crippen LogP contribution in [-0.4, -0.2) is 86.2 Å². The van der Waals surface area contributed by atoms with Crippen LogP contribution in [0, 0.1) is 12.3 Å². The second-order valence-electron chi connectivity index (χ2n) is 7.86. The Labute approximate surface area is 167 Å². The zero-order chi connectivity index (χ0) is 21.5. The van der Waals surface area contributed by atoms with Crippen molar-refractivity contribution in [2.45, 2.75) is 70.3 Å². The molecule has 0 bridgehead atoms. The van der Waals surface area contributed by atoms with E-state index in [9.17, 15) is 9.90 Å². The molecule has 4 atom stereocenters. The molecular weight excluding hydrogens is 370 g/mol. The van der Waals surface area contributed by atoms with Gasteiger partial charge in [0.05, 0.1) is 12.6 Å². The van der Waals surface area contributed by atoms with E-state index in [1.165, 1.54) is 19.1 Å². The van der Waals surface area contributed by atoms with Crippen LogP contribution in [0.1, 0.15) is 34.6 Å². The molecule has 0 aromatic carbocycles. The minimum Gasteiger partial charge on any atom is -0.444 e. The molecular formula is C19H33NO8. The summed E-state index contributed by atoms with van der Waals surface area (Å²) in [5.41, 5.74) is -1.66. The number of carbonyl (C=O) groups excluding carboxylic acids is 1. The number of hydrogen-bond donors (Lipinski definition) is 1. The van der Waals surface area contributed by atoms with E-state index in [2.05, 4.69) is 5.92 Å². The Morgan fingerprint density at radius 2 is 1.86 bits per heavy atom. The summed E-state index contributed by atoms with van der Waals surface area (Å²) >= 11 is 0. The van der Waals surface area contributed by atoms with Crippen molar-refractivity contribution in [2.75, 3.05) is 34.4 Å². The number of methoxy groups -OCH3 is 2. The second kappa shape index (κ2) is 10.4. The van der Waals surface area contributed by atoms with Gasteiger partial charge < -0.3 is 33.5 Å². The lowest BCUT2D eigenvalue weighted by Gasteiger charge is -2.39. The van der Waals surface area contributed by atoms with Crippen LogP contribution in [0.4, 0.5) is 4.79 Å². The summed E-state index contributed by atoms with van der Waals surface area (Å²) in [6, 6.07) is -0.648. The lowest BCUT2D eigenvalue weighted by atomic mass is 9.99. The van der Waals surface area contributed by atoms with Crippen molar-refractivity contribution in [3.8, 4) is 12.3 Å². The van der Waals surface area contributed by atoms with Gasteiger partial charge in [-0.3, -0.25) is 4.90 Å². The van der Waals surface area contributed by atoms with Gasteiger partial charge in [0.25, 0.3) is 0 Å². The third kappa shape index (κ3) is 6.58. The Morgan fingerprint density at radius 3 is 2.36 bits per heavy atom. The van der Waals surface area contributed by atoms with E-state index in [1.807, 2.05) is 0 Å². The number of nitrogens with zero attached hydrogens (tertiary/aromatic N) is 1. The monoisotopic (exact) mass is 403 g/mol. The van der Waals surface area contributed by atoms with Crippen LogP contribution in [-0.2, 0) is 28.4 Å². The molecule has 28 heavy (non-hydrogen) atoms. The maximum Gasteiger partial charge on any atom is 0.412 e. The standard InChI is InChI=1S/C19H33NO8/c1-9-14(21)16(26-12-24-8)15(25-11-23-7)13-10-27-19(5,6)20(13)17(22)28-18(2,3)4/h1,13-16,21H,10-12H2,2-8H3/t13-,14+,15-,16-/m0/s1.